The van der Waals surface area contributed by atoms with Crippen molar-refractivity contribution in [1.29, 1.82) is 0 Å². The highest BCUT2D eigenvalue weighted by Gasteiger charge is 2.44. The van der Waals surface area contributed by atoms with E-state index in [-0.39, 0.29) is 23.7 Å². The number of halogens is 1. The zero-order valence-electron chi connectivity index (χ0n) is 12.7. The van der Waals surface area contributed by atoms with Crippen molar-refractivity contribution in [1.82, 2.24) is 5.32 Å². The van der Waals surface area contributed by atoms with E-state index in [9.17, 15) is 9.59 Å². The van der Waals surface area contributed by atoms with Crippen LogP contribution in [-0.2, 0) is 4.79 Å². The van der Waals surface area contributed by atoms with Crippen LogP contribution in [0.15, 0.2) is 48.5 Å². The summed E-state index contributed by atoms with van der Waals surface area (Å²) >= 11 is 6.19. The van der Waals surface area contributed by atoms with Crippen molar-refractivity contribution in [2.45, 2.75) is 12.3 Å². The number of amides is 2. The van der Waals surface area contributed by atoms with Crippen LogP contribution < -0.4 is 10.6 Å². The minimum Gasteiger partial charge on any atom is -0.355 e. The molecular formula is C18H17ClN2O2. The molecule has 0 saturated heterocycles. The summed E-state index contributed by atoms with van der Waals surface area (Å²) in [7, 11) is 1.56. The van der Waals surface area contributed by atoms with E-state index >= 15 is 0 Å². The monoisotopic (exact) mass is 328 g/mol. The van der Waals surface area contributed by atoms with Crippen LogP contribution in [0.25, 0.3) is 0 Å². The van der Waals surface area contributed by atoms with Crippen LogP contribution >= 0.6 is 11.6 Å². The van der Waals surface area contributed by atoms with E-state index in [2.05, 4.69) is 10.6 Å². The van der Waals surface area contributed by atoms with Crippen LogP contribution in [0.4, 0.5) is 5.69 Å². The van der Waals surface area contributed by atoms with Gasteiger partial charge in [0.15, 0.2) is 0 Å². The van der Waals surface area contributed by atoms with Crippen molar-refractivity contribution in [2.24, 2.45) is 5.92 Å². The molecule has 2 aromatic rings. The van der Waals surface area contributed by atoms with Crippen LogP contribution in [0.3, 0.4) is 0 Å². The molecule has 1 aliphatic carbocycles. The van der Waals surface area contributed by atoms with Crippen molar-refractivity contribution >= 4 is 29.1 Å². The molecule has 0 radical (unpaired) electrons. The number of hydrogen-bond donors (Lipinski definition) is 2. The van der Waals surface area contributed by atoms with Crippen LogP contribution in [-0.4, -0.2) is 18.9 Å². The standard InChI is InChI=1S/C18H17ClN2O2/c1-20-17(22)12-7-3-5-9-16(12)21-18(23)14-10-13(14)11-6-2-4-8-15(11)19/h2-9,13-14H,10H2,1H3,(H,20,22)(H,21,23). The Bertz CT molecular complexity index is 760. The molecule has 1 aliphatic rings. The fourth-order valence-electron chi connectivity index (χ4n) is 2.75. The second kappa shape index (κ2) is 6.42. The summed E-state index contributed by atoms with van der Waals surface area (Å²) in [4.78, 5) is 24.3. The van der Waals surface area contributed by atoms with E-state index in [4.69, 9.17) is 11.6 Å². The molecule has 4 nitrogen and oxygen atoms in total. The van der Waals surface area contributed by atoms with Gasteiger partial charge in [0.05, 0.1) is 11.3 Å². The summed E-state index contributed by atoms with van der Waals surface area (Å²) in [6.07, 6.45) is 0.776. The van der Waals surface area contributed by atoms with Gasteiger partial charge in [0.1, 0.15) is 0 Å². The molecule has 23 heavy (non-hydrogen) atoms. The summed E-state index contributed by atoms with van der Waals surface area (Å²) in [5.41, 5.74) is 1.99. The minimum atomic E-state index is -0.223. The Kier molecular flexibility index (Phi) is 4.35. The van der Waals surface area contributed by atoms with E-state index in [0.29, 0.717) is 16.3 Å². The average Bonchev–Trinajstić information content (AvgIpc) is 3.35. The molecule has 0 aromatic heterocycles. The predicted octanol–water partition coefficient (Wildman–Crippen LogP) is 3.44. The highest BCUT2D eigenvalue weighted by Crippen LogP contribution is 2.50. The number of rotatable bonds is 4. The van der Waals surface area contributed by atoms with E-state index in [1.165, 1.54) is 0 Å². The third-order valence-electron chi connectivity index (χ3n) is 4.09. The SMILES string of the molecule is CNC(=O)c1ccccc1NC(=O)C1CC1c1ccccc1Cl. The van der Waals surface area contributed by atoms with Crippen molar-refractivity contribution in [3.8, 4) is 0 Å². The molecule has 0 heterocycles. The lowest BCUT2D eigenvalue weighted by atomic mass is 10.1. The smallest absolute Gasteiger partial charge is 0.253 e. The van der Waals surface area contributed by atoms with Crippen molar-refractivity contribution in [2.75, 3.05) is 12.4 Å². The molecule has 2 amide bonds. The summed E-state index contributed by atoms with van der Waals surface area (Å²) in [5, 5.41) is 6.13. The van der Waals surface area contributed by atoms with Gasteiger partial charge in [-0.15, -0.1) is 0 Å². The Morgan fingerprint density at radius 2 is 1.78 bits per heavy atom. The highest BCUT2D eigenvalue weighted by atomic mass is 35.5. The molecule has 2 atom stereocenters. The zero-order chi connectivity index (χ0) is 16.4. The fraction of sp³-hybridized carbons (Fsp3) is 0.222. The van der Waals surface area contributed by atoms with Gasteiger partial charge in [-0.1, -0.05) is 41.9 Å². The Morgan fingerprint density at radius 1 is 1.09 bits per heavy atom. The quantitative estimate of drug-likeness (QED) is 0.903. The van der Waals surface area contributed by atoms with Gasteiger partial charge in [-0.2, -0.15) is 0 Å². The van der Waals surface area contributed by atoms with E-state index in [1.54, 1.807) is 31.3 Å². The molecule has 2 aromatic carbocycles. The number of carbonyl (C=O) groups excluding carboxylic acids is 2. The lowest BCUT2D eigenvalue weighted by molar-refractivity contribution is -0.117. The zero-order valence-corrected chi connectivity index (χ0v) is 13.4. The lowest BCUT2D eigenvalue weighted by Crippen LogP contribution is -2.22. The number of anilines is 1. The number of carbonyl (C=O) groups is 2. The van der Waals surface area contributed by atoms with Crippen LogP contribution in [0.2, 0.25) is 5.02 Å². The molecule has 2 unspecified atom stereocenters. The Morgan fingerprint density at radius 3 is 2.52 bits per heavy atom. The van der Waals surface area contributed by atoms with Gasteiger partial charge in [0.25, 0.3) is 5.91 Å². The van der Waals surface area contributed by atoms with Gasteiger partial charge < -0.3 is 10.6 Å². The molecule has 1 saturated carbocycles. The van der Waals surface area contributed by atoms with Crippen molar-refractivity contribution in [3.63, 3.8) is 0 Å². The molecule has 5 heteroatoms. The van der Waals surface area contributed by atoms with E-state index in [0.717, 1.165) is 12.0 Å². The molecule has 0 aliphatic heterocycles. The maximum Gasteiger partial charge on any atom is 0.253 e. The lowest BCUT2D eigenvalue weighted by Gasteiger charge is -2.10. The first-order valence-electron chi connectivity index (χ1n) is 7.48. The van der Waals surface area contributed by atoms with Gasteiger partial charge in [-0.25, -0.2) is 0 Å². The van der Waals surface area contributed by atoms with E-state index in [1.807, 2.05) is 24.3 Å². The molecule has 3 rings (SSSR count). The average molecular weight is 329 g/mol. The van der Waals surface area contributed by atoms with Crippen LogP contribution in [0.1, 0.15) is 28.3 Å². The third-order valence-corrected chi connectivity index (χ3v) is 4.43. The first-order valence-corrected chi connectivity index (χ1v) is 7.86. The Labute approximate surface area is 139 Å². The predicted molar refractivity (Wildman–Crippen MR) is 90.8 cm³/mol. The fourth-order valence-corrected chi connectivity index (χ4v) is 3.03. The van der Waals surface area contributed by atoms with Gasteiger partial charge in [-0.3, -0.25) is 9.59 Å². The highest BCUT2D eigenvalue weighted by molar-refractivity contribution is 6.31. The van der Waals surface area contributed by atoms with Gasteiger partial charge in [0, 0.05) is 18.0 Å². The number of benzene rings is 2. The van der Waals surface area contributed by atoms with Gasteiger partial charge >= 0.3 is 0 Å². The van der Waals surface area contributed by atoms with Gasteiger partial charge in [-0.05, 0) is 36.1 Å². The first kappa shape index (κ1) is 15.6. The second-order valence-electron chi connectivity index (χ2n) is 5.58. The Hall–Kier alpha value is -2.33. The molecule has 0 bridgehead atoms. The van der Waals surface area contributed by atoms with Crippen molar-refractivity contribution < 1.29 is 9.59 Å². The number of nitrogens with one attached hydrogen (secondary N) is 2. The van der Waals surface area contributed by atoms with Crippen LogP contribution in [0.5, 0.6) is 0 Å². The largest absolute Gasteiger partial charge is 0.355 e. The summed E-state index contributed by atoms with van der Waals surface area (Å²) in [6, 6.07) is 14.6. The molecular weight excluding hydrogens is 312 g/mol. The third kappa shape index (κ3) is 3.22. The maximum absolute atomic E-state index is 12.4. The summed E-state index contributed by atoms with van der Waals surface area (Å²) in [5.74, 6) is -0.255. The topological polar surface area (TPSA) is 58.2 Å². The van der Waals surface area contributed by atoms with Crippen LogP contribution in [0, 0.1) is 5.92 Å². The van der Waals surface area contributed by atoms with Gasteiger partial charge in [0.2, 0.25) is 5.91 Å². The normalized spacial score (nSPS) is 19.0. The molecule has 118 valence electrons. The number of para-hydroxylation sites is 1. The number of hydrogen-bond acceptors (Lipinski definition) is 2. The van der Waals surface area contributed by atoms with E-state index < -0.39 is 0 Å². The molecule has 2 N–H and O–H groups in total. The minimum absolute atomic E-state index is 0.0775. The summed E-state index contributed by atoms with van der Waals surface area (Å²) < 4.78 is 0. The first-order chi connectivity index (χ1) is 11.1. The molecule has 1 fully saturated rings. The maximum atomic E-state index is 12.4. The second-order valence-corrected chi connectivity index (χ2v) is 5.99. The van der Waals surface area contributed by atoms with Crippen molar-refractivity contribution in [3.05, 3.63) is 64.7 Å². The molecule has 0 spiro atoms. The summed E-state index contributed by atoms with van der Waals surface area (Å²) in [6.45, 7) is 0. The Balaban J connectivity index is 1.73.